The summed E-state index contributed by atoms with van der Waals surface area (Å²) in [5.74, 6) is -0.103. The molecule has 0 amide bonds. The number of nitrogens with zero attached hydrogens (tertiary/aromatic N) is 2. The maximum Gasteiger partial charge on any atom is 0.308 e. The summed E-state index contributed by atoms with van der Waals surface area (Å²) in [6.45, 7) is 2.22. The first kappa shape index (κ1) is 16.4. The summed E-state index contributed by atoms with van der Waals surface area (Å²) < 4.78 is 4.77. The summed E-state index contributed by atoms with van der Waals surface area (Å²) in [5.41, 5.74) is 1.26. The standard InChI is InChI=1S/C15H21N3O4/c1-10-14(18(20)21)8-7-13(17-10)9-16-12-5-3-11(4-6-12)15(19)22-2/h7-8,11-12,16H,3-6,9H2,1-2H3/t11-,12-. The molecule has 1 aliphatic carbocycles. The Labute approximate surface area is 129 Å². The smallest absolute Gasteiger partial charge is 0.308 e. The molecule has 120 valence electrons. The average molecular weight is 307 g/mol. The molecule has 7 nitrogen and oxygen atoms in total. The second-order valence-electron chi connectivity index (χ2n) is 5.62. The zero-order chi connectivity index (χ0) is 16.1. The lowest BCUT2D eigenvalue weighted by atomic mass is 9.86. The lowest BCUT2D eigenvalue weighted by molar-refractivity contribution is -0.385. The lowest BCUT2D eigenvalue weighted by Gasteiger charge is -2.27. The van der Waals surface area contributed by atoms with E-state index in [-0.39, 0.29) is 17.6 Å². The maximum atomic E-state index is 11.5. The van der Waals surface area contributed by atoms with Gasteiger partial charge in [0.2, 0.25) is 0 Å². The largest absolute Gasteiger partial charge is 0.469 e. The Morgan fingerprint density at radius 1 is 1.41 bits per heavy atom. The van der Waals surface area contributed by atoms with E-state index in [0.29, 0.717) is 18.3 Å². The van der Waals surface area contributed by atoms with Crippen LogP contribution in [0.2, 0.25) is 0 Å². The van der Waals surface area contributed by atoms with Crippen LogP contribution in [-0.4, -0.2) is 29.0 Å². The van der Waals surface area contributed by atoms with E-state index >= 15 is 0 Å². The van der Waals surface area contributed by atoms with Gasteiger partial charge in [0, 0.05) is 18.7 Å². The van der Waals surface area contributed by atoms with Crippen LogP contribution in [-0.2, 0) is 16.1 Å². The molecular weight excluding hydrogens is 286 g/mol. The Balaban J connectivity index is 1.83. The van der Waals surface area contributed by atoms with Gasteiger partial charge in [-0.05, 0) is 38.7 Å². The van der Waals surface area contributed by atoms with Gasteiger partial charge >= 0.3 is 5.97 Å². The van der Waals surface area contributed by atoms with E-state index in [0.717, 1.165) is 31.4 Å². The van der Waals surface area contributed by atoms with E-state index in [4.69, 9.17) is 4.74 Å². The average Bonchev–Trinajstić information content (AvgIpc) is 2.52. The Morgan fingerprint density at radius 3 is 2.64 bits per heavy atom. The summed E-state index contributed by atoms with van der Waals surface area (Å²) in [4.78, 5) is 26.1. The Bertz CT molecular complexity index is 554. The number of esters is 1. The predicted octanol–water partition coefficient (Wildman–Crippen LogP) is 2.12. The Kier molecular flexibility index (Phi) is 5.43. The van der Waals surface area contributed by atoms with Gasteiger partial charge in [-0.25, -0.2) is 4.98 Å². The highest BCUT2D eigenvalue weighted by Gasteiger charge is 2.26. The first-order valence-electron chi connectivity index (χ1n) is 7.43. The number of nitro groups is 1. The van der Waals surface area contributed by atoms with Crippen molar-refractivity contribution in [1.82, 2.24) is 10.3 Å². The SMILES string of the molecule is COC(=O)[C@H]1CC[C@H](NCc2ccc([N+](=O)[O-])c(C)n2)CC1. The van der Waals surface area contributed by atoms with Crippen molar-refractivity contribution >= 4 is 11.7 Å². The Morgan fingerprint density at radius 2 is 2.09 bits per heavy atom. The van der Waals surface area contributed by atoms with Gasteiger partial charge in [-0.2, -0.15) is 0 Å². The highest BCUT2D eigenvalue weighted by molar-refractivity contribution is 5.72. The fourth-order valence-corrected chi connectivity index (χ4v) is 2.85. The summed E-state index contributed by atoms with van der Waals surface area (Å²) in [6, 6.07) is 3.52. The van der Waals surface area contributed by atoms with Crippen molar-refractivity contribution in [2.75, 3.05) is 7.11 Å². The highest BCUT2D eigenvalue weighted by atomic mass is 16.6. The van der Waals surface area contributed by atoms with Gasteiger partial charge in [0.05, 0.1) is 23.6 Å². The van der Waals surface area contributed by atoms with E-state index in [1.54, 1.807) is 13.0 Å². The first-order valence-corrected chi connectivity index (χ1v) is 7.43. The number of nitrogens with one attached hydrogen (secondary N) is 1. The number of aromatic nitrogens is 1. The quantitative estimate of drug-likeness (QED) is 0.508. The molecule has 1 aromatic rings. The molecule has 2 rings (SSSR count). The zero-order valence-electron chi connectivity index (χ0n) is 12.9. The van der Waals surface area contributed by atoms with E-state index in [9.17, 15) is 14.9 Å². The first-order chi connectivity index (χ1) is 10.5. The number of carbonyl (C=O) groups excluding carboxylic acids is 1. The number of hydrogen-bond donors (Lipinski definition) is 1. The number of carbonyl (C=O) groups is 1. The number of ether oxygens (including phenoxy) is 1. The van der Waals surface area contributed by atoms with Crippen molar-refractivity contribution in [1.29, 1.82) is 0 Å². The van der Waals surface area contributed by atoms with Crippen molar-refractivity contribution < 1.29 is 14.5 Å². The van der Waals surface area contributed by atoms with Crippen LogP contribution in [0.4, 0.5) is 5.69 Å². The van der Waals surface area contributed by atoms with Gasteiger partial charge < -0.3 is 10.1 Å². The van der Waals surface area contributed by atoms with Crippen molar-refractivity contribution in [3.63, 3.8) is 0 Å². The molecule has 0 unspecified atom stereocenters. The molecule has 22 heavy (non-hydrogen) atoms. The van der Waals surface area contributed by atoms with Crippen molar-refractivity contribution in [2.24, 2.45) is 5.92 Å². The van der Waals surface area contributed by atoms with E-state index in [1.807, 2.05) is 0 Å². The number of rotatable bonds is 5. The fraction of sp³-hybridized carbons (Fsp3) is 0.600. The highest BCUT2D eigenvalue weighted by Crippen LogP contribution is 2.25. The molecule has 0 spiro atoms. The van der Waals surface area contributed by atoms with Crippen molar-refractivity contribution in [3.8, 4) is 0 Å². The number of hydrogen-bond acceptors (Lipinski definition) is 6. The van der Waals surface area contributed by atoms with Gasteiger partial charge in [0.25, 0.3) is 5.69 Å². The van der Waals surface area contributed by atoms with Crippen LogP contribution >= 0.6 is 0 Å². The summed E-state index contributed by atoms with van der Waals surface area (Å²) in [5, 5.41) is 14.2. The molecular formula is C15H21N3O4. The lowest BCUT2D eigenvalue weighted by Crippen LogP contribution is -2.35. The fourth-order valence-electron chi connectivity index (χ4n) is 2.85. The van der Waals surface area contributed by atoms with E-state index < -0.39 is 4.92 Å². The number of aryl methyl sites for hydroxylation is 1. The molecule has 7 heteroatoms. The normalized spacial score (nSPS) is 21.4. The minimum Gasteiger partial charge on any atom is -0.469 e. The minimum atomic E-state index is -0.423. The van der Waals surface area contributed by atoms with Crippen LogP contribution in [0.1, 0.15) is 37.1 Å². The van der Waals surface area contributed by atoms with Crippen LogP contribution in [0.25, 0.3) is 0 Å². The zero-order valence-corrected chi connectivity index (χ0v) is 12.9. The van der Waals surface area contributed by atoms with Crippen LogP contribution in [0.3, 0.4) is 0 Å². The summed E-state index contributed by atoms with van der Waals surface area (Å²) in [6.07, 6.45) is 3.51. The number of methoxy groups -OCH3 is 1. The van der Waals surface area contributed by atoms with Crippen LogP contribution in [0.15, 0.2) is 12.1 Å². The molecule has 0 bridgehead atoms. The predicted molar refractivity (Wildman–Crippen MR) is 80.2 cm³/mol. The molecule has 1 N–H and O–H groups in total. The molecule has 0 aromatic carbocycles. The van der Waals surface area contributed by atoms with Crippen LogP contribution < -0.4 is 5.32 Å². The van der Waals surface area contributed by atoms with E-state index in [2.05, 4.69) is 10.3 Å². The second kappa shape index (κ2) is 7.31. The molecule has 0 atom stereocenters. The molecule has 1 aromatic heterocycles. The molecule has 1 saturated carbocycles. The van der Waals surface area contributed by atoms with Gasteiger partial charge in [0.1, 0.15) is 5.69 Å². The van der Waals surface area contributed by atoms with Gasteiger partial charge in [-0.15, -0.1) is 0 Å². The summed E-state index contributed by atoms with van der Waals surface area (Å²) in [7, 11) is 1.43. The van der Waals surface area contributed by atoms with Gasteiger partial charge in [-0.1, -0.05) is 0 Å². The third-order valence-electron chi connectivity index (χ3n) is 4.15. The maximum absolute atomic E-state index is 11.5. The van der Waals surface area contributed by atoms with E-state index in [1.165, 1.54) is 13.2 Å². The minimum absolute atomic E-state index is 0.0165. The molecule has 1 fully saturated rings. The third-order valence-corrected chi connectivity index (χ3v) is 4.15. The Hall–Kier alpha value is -2.02. The van der Waals surface area contributed by atoms with Gasteiger partial charge in [-0.3, -0.25) is 14.9 Å². The second-order valence-corrected chi connectivity index (χ2v) is 5.62. The topological polar surface area (TPSA) is 94.4 Å². The monoisotopic (exact) mass is 307 g/mol. The van der Waals surface area contributed by atoms with Crippen molar-refractivity contribution in [2.45, 2.75) is 45.2 Å². The molecule has 1 aliphatic rings. The molecule has 0 radical (unpaired) electrons. The molecule has 0 saturated heterocycles. The summed E-state index contributed by atoms with van der Waals surface area (Å²) >= 11 is 0. The molecule has 0 aliphatic heterocycles. The van der Waals surface area contributed by atoms with Crippen molar-refractivity contribution in [3.05, 3.63) is 33.6 Å². The van der Waals surface area contributed by atoms with Crippen LogP contribution in [0.5, 0.6) is 0 Å². The molecule has 1 heterocycles. The third kappa shape index (κ3) is 4.00. The van der Waals surface area contributed by atoms with Gasteiger partial charge in [0.15, 0.2) is 0 Å². The number of pyridine rings is 1. The van der Waals surface area contributed by atoms with Crippen LogP contribution in [0, 0.1) is 23.0 Å².